The number of benzene rings is 2. The minimum absolute atomic E-state index is 0.176. The second-order valence-corrected chi connectivity index (χ2v) is 5.22. The van der Waals surface area contributed by atoms with E-state index in [9.17, 15) is 4.79 Å². The summed E-state index contributed by atoms with van der Waals surface area (Å²) in [7, 11) is 0. The summed E-state index contributed by atoms with van der Waals surface area (Å²) in [6.07, 6.45) is 0. The number of hydrogen-bond donors (Lipinski definition) is 1. The fourth-order valence-electron chi connectivity index (χ4n) is 1.86. The molecule has 0 aliphatic rings. The highest BCUT2D eigenvalue weighted by Gasteiger charge is 2.12. The molecule has 1 N–H and O–H groups in total. The quantitative estimate of drug-likeness (QED) is 0.780. The van der Waals surface area contributed by atoms with Gasteiger partial charge in [0.25, 0.3) is 0 Å². The van der Waals surface area contributed by atoms with Crippen LogP contribution in [0.5, 0.6) is 0 Å². The lowest BCUT2D eigenvalue weighted by Crippen LogP contribution is -1.95. The third kappa shape index (κ3) is 2.85. The van der Waals surface area contributed by atoms with Crippen LogP contribution in [0.4, 0.5) is 0 Å². The van der Waals surface area contributed by atoms with E-state index in [-0.39, 0.29) is 11.5 Å². The number of rotatable bonds is 3. The lowest BCUT2D eigenvalue weighted by Gasteiger charge is -1.98. The fourth-order valence-corrected chi connectivity index (χ4v) is 2.26. The molecule has 21 heavy (non-hydrogen) atoms. The van der Waals surface area contributed by atoms with Gasteiger partial charge in [-0.2, -0.15) is 0 Å². The van der Waals surface area contributed by atoms with E-state index in [1.807, 2.05) is 24.3 Å². The van der Waals surface area contributed by atoms with Crippen LogP contribution in [0.15, 0.2) is 57.4 Å². The van der Waals surface area contributed by atoms with Crippen LogP contribution in [0.2, 0.25) is 0 Å². The standard InChI is InChI=1S/C15H9BrN2O3/c16-12-6-2-4-10(8-12)14-18-17-13(21-14)9-3-1-5-11(7-9)15(19)20/h1-8H,(H,19,20). The summed E-state index contributed by atoms with van der Waals surface area (Å²) in [6, 6.07) is 13.9. The summed E-state index contributed by atoms with van der Waals surface area (Å²) in [4.78, 5) is 11.0. The number of nitrogens with zero attached hydrogens (tertiary/aromatic N) is 2. The van der Waals surface area contributed by atoms with Gasteiger partial charge in [-0.3, -0.25) is 0 Å². The van der Waals surface area contributed by atoms with Gasteiger partial charge < -0.3 is 9.52 Å². The van der Waals surface area contributed by atoms with Crippen LogP contribution in [-0.2, 0) is 0 Å². The molecule has 0 saturated heterocycles. The minimum atomic E-state index is -0.997. The highest BCUT2D eigenvalue weighted by atomic mass is 79.9. The zero-order valence-electron chi connectivity index (χ0n) is 10.7. The first-order valence-electron chi connectivity index (χ1n) is 6.06. The molecule has 0 fully saturated rings. The van der Waals surface area contributed by atoms with Gasteiger partial charge in [-0.25, -0.2) is 4.79 Å². The molecule has 3 aromatic rings. The van der Waals surface area contributed by atoms with Gasteiger partial charge in [0.15, 0.2) is 0 Å². The molecular weight excluding hydrogens is 336 g/mol. The summed E-state index contributed by atoms with van der Waals surface area (Å²) in [5.41, 5.74) is 1.54. The molecule has 1 aromatic heterocycles. The lowest BCUT2D eigenvalue weighted by atomic mass is 10.1. The molecule has 104 valence electrons. The highest BCUT2D eigenvalue weighted by Crippen LogP contribution is 2.26. The SMILES string of the molecule is O=C(O)c1cccc(-c2nnc(-c3cccc(Br)c3)o2)c1. The van der Waals surface area contributed by atoms with E-state index in [0.717, 1.165) is 10.0 Å². The van der Waals surface area contributed by atoms with Gasteiger partial charge in [-0.1, -0.05) is 28.1 Å². The van der Waals surface area contributed by atoms with Crippen LogP contribution >= 0.6 is 15.9 Å². The van der Waals surface area contributed by atoms with Gasteiger partial charge in [0.05, 0.1) is 5.56 Å². The smallest absolute Gasteiger partial charge is 0.335 e. The number of aromatic nitrogens is 2. The molecule has 0 bridgehead atoms. The number of hydrogen-bond acceptors (Lipinski definition) is 4. The molecule has 0 unspecified atom stereocenters. The van der Waals surface area contributed by atoms with Crippen molar-refractivity contribution in [2.45, 2.75) is 0 Å². The molecule has 0 radical (unpaired) electrons. The van der Waals surface area contributed by atoms with E-state index in [1.165, 1.54) is 12.1 Å². The van der Waals surface area contributed by atoms with E-state index in [4.69, 9.17) is 9.52 Å². The normalized spacial score (nSPS) is 10.5. The van der Waals surface area contributed by atoms with Gasteiger partial charge in [-0.15, -0.1) is 10.2 Å². The van der Waals surface area contributed by atoms with Crippen molar-refractivity contribution in [2.75, 3.05) is 0 Å². The second kappa shape index (κ2) is 5.49. The summed E-state index contributed by atoms with van der Waals surface area (Å²) in [6.45, 7) is 0. The Hall–Kier alpha value is -2.47. The maximum absolute atomic E-state index is 11.0. The average Bonchev–Trinajstić information content (AvgIpc) is 2.97. The summed E-state index contributed by atoms with van der Waals surface area (Å²) in [5, 5.41) is 17.0. The largest absolute Gasteiger partial charge is 0.478 e. The van der Waals surface area contributed by atoms with Gasteiger partial charge in [0, 0.05) is 15.6 Å². The van der Waals surface area contributed by atoms with Crippen LogP contribution in [-0.4, -0.2) is 21.3 Å². The Kier molecular flexibility index (Phi) is 3.53. The molecule has 3 rings (SSSR count). The third-order valence-corrected chi connectivity index (χ3v) is 3.35. The molecule has 0 amide bonds. The van der Waals surface area contributed by atoms with Crippen LogP contribution in [0.25, 0.3) is 22.9 Å². The molecule has 0 atom stereocenters. The average molecular weight is 345 g/mol. The van der Waals surface area contributed by atoms with Crippen LogP contribution < -0.4 is 0 Å². The van der Waals surface area contributed by atoms with E-state index < -0.39 is 5.97 Å². The topological polar surface area (TPSA) is 76.2 Å². The summed E-state index contributed by atoms with van der Waals surface area (Å²) in [5.74, 6) is -0.330. The lowest BCUT2D eigenvalue weighted by molar-refractivity contribution is 0.0697. The molecule has 2 aromatic carbocycles. The molecule has 0 saturated carbocycles. The molecular formula is C15H9BrN2O3. The maximum atomic E-state index is 11.0. The Bertz CT molecular complexity index is 814. The summed E-state index contributed by atoms with van der Waals surface area (Å²) < 4.78 is 6.52. The maximum Gasteiger partial charge on any atom is 0.335 e. The zero-order valence-corrected chi connectivity index (χ0v) is 12.2. The van der Waals surface area contributed by atoms with Crippen molar-refractivity contribution >= 4 is 21.9 Å². The van der Waals surface area contributed by atoms with E-state index in [2.05, 4.69) is 26.1 Å². The highest BCUT2D eigenvalue weighted by molar-refractivity contribution is 9.10. The molecule has 1 heterocycles. The van der Waals surface area contributed by atoms with Gasteiger partial charge in [-0.05, 0) is 36.4 Å². The van der Waals surface area contributed by atoms with Crippen molar-refractivity contribution in [3.05, 3.63) is 58.6 Å². The minimum Gasteiger partial charge on any atom is -0.478 e. The number of carboxylic acids is 1. The first-order valence-corrected chi connectivity index (χ1v) is 6.86. The second-order valence-electron chi connectivity index (χ2n) is 4.31. The van der Waals surface area contributed by atoms with Gasteiger partial charge in [0.2, 0.25) is 11.8 Å². The Morgan fingerprint density at radius 1 is 1.00 bits per heavy atom. The van der Waals surface area contributed by atoms with Crippen molar-refractivity contribution in [3.8, 4) is 22.9 Å². The zero-order chi connectivity index (χ0) is 14.8. The van der Waals surface area contributed by atoms with Crippen molar-refractivity contribution in [1.29, 1.82) is 0 Å². The van der Waals surface area contributed by atoms with E-state index in [0.29, 0.717) is 11.5 Å². The van der Waals surface area contributed by atoms with Crippen molar-refractivity contribution in [1.82, 2.24) is 10.2 Å². The number of carboxylic acid groups (broad SMARTS) is 1. The van der Waals surface area contributed by atoms with Crippen molar-refractivity contribution in [2.24, 2.45) is 0 Å². The Labute approximate surface area is 128 Å². The van der Waals surface area contributed by atoms with E-state index >= 15 is 0 Å². The number of aromatic carboxylic acids is 1. The molecule has 0 aliphatic carbocycles. The van der Waals surface area contributed by atoms with Gasteiger partial charge in [0.1, 0.15) is 0 Å². The predicted molar refractivity (Wildman–Crippen MR) is 79.8 cm³/mol. The predicted octanol–water partition coefficient (Wildman–Crippen LogP) is 3.86. The number of carbonyl (C=O) groups is 1. The van der Waals surface area contributed by atoms with Gasteiger partial charge >= 0.3 is 5.97 Å². The third-order valence-electron chi connectivity index (χ3n) is 2.85. The Morgan fingerprint density at radius 3 is 2.24 bits per heavy atom. The van der Waals surface area contributed by atoms with Crippen molar-refractivity contribution in [3.63, 3.8) is 0 Å². The first kappa shape index (κ1) is 13.5. The molecule has 0 spiro atoms. The van der Waals surface area contributed by atoms with E-state index in [1.54, 1.807) is 12.1 Å². The molecule has 5 nitrogen and oxygen atoms in total. The monoisotopic (exact) mass is 344 g/mol. The molecule has 0 aliphatic heterocycles. The van der Waals surface area contributed by atoms with Crippen LogP contribution in [0.3, 0.4) is 0 Å². The Morgan fingerprint density at radius 2 is 1.62 bits per heavy atom. The van der Waals surface area contributed by atoms with Crippen LogP contribution in [0.1, 0.15) is 10.4 Å². The van der Waals surface area contributed by atoms with Crippen molar-refractivity contribution < 1.29 is 14.3 Å². The first-order chi connectivity index (χ1) is 10.1. The fraction of sp³-hybridized carbons (Fsp3) is 0. The summed E-state index contributed by atoms with van der Waals surface area (Å²) >= 11 is 3.38. The molecule has 6 heteroatoms. The van der Waals surface area contributed by atoms with Crippen LogP contribution in [0, 0.1) is 0 Å². The number of halogens is 1. The Balaban J connectivity index is 1.98.